The Morgan fingerprint density at radius 2 is 2.16 bits per heavy atom. The average Bonchev–Trinajstić information content (AvgIpc) is 2.41. The number of aromatic carboxylic acids is 1. The largest absolute Gasteiger partial charge is 0.490 e. The van der Waals surface area contributed by atoms with Gasteiger partial charge in [-0.3, -0.25) is 0 Å². The van der Waals surface area contributed by atoms with Crippen LogP contribution >= 0.6 is 0 Å². The van der Waals surface area contributed by atoms with Crippen molar-refractivity contribution in [2.45, 2.75) is 45.1 Å². The van der Waals surface area contributed by atoms with Crippen LogP contribution in [0, 0.1) is 5.92 Å². The van der Waals surface area contributed by atoms with Gasteiger partial charge in [0, 0.05) is 5.69 Å². The van der Waals surface area contributed by atoms with Gasteiger partial charge in [-0.2, -0.15) is 0 Å². The Balaban J connectivity index is 2.14. The molecular formula is C15H21NO3. The van der Waals surface area contributed by atoms with Gasteiger partial charge in [0.2, 0.25) is 0 Å². The van der Waals surface area contributed by atoms with Gasteiger partial charge in [0.25, 0.3) is 0 Å². The highest BCUT2D eigenvalue weighted by Crippen LogP contribution is 2.31. The Bertz CT molecular complexity index is 459. The zero-order chi connectivity index (χ0) is 13.8. The molecule has 104 valence electrons. The monoisotopic (exact) mass is 263 g/mol. The van der Waals surface area contributed by atoms with Crippen LogP contribution < -0.4 is 10.5 Å². The predicted octanol–water partition coefficient (Wildman–Crippen LogP) is 3.31. The quantitative estimate of drug-likeness (QED) is 0.817. The SMILES string of the molecule is CCC1CCCCC1Oc1ccc(N)c(C(=O)O)c1. The molecule has 0 radical (unpaired) electrons. The van der Waals surface area contributed by atoms with Crippen molar-refractivity contribution in [3.63, 3.8) is 0 Å². The molecule has 0 aliphatic heterocycles. The molecule has 1 aliphatic carbocycles. The molecule has 2 atom stereocenters. The summed E-state index contributed by atoms with van der Waals surface area (Å²) in [6.45, 7) is 2.18. The maximum atomic E-state index is 11.1. The molecule has 1 aromatic rings. The molecular weight excluding hydrogens is 242 g/mol. The number of carboxylic acids is 1. The third-order valence-electron chi connectivity index (χ3n) is 3.91. The molecule has 0 heterocycles. The number of rotatable bonds is 4. The lowest BCUT2D eigenvalue weighted by Gasteiger charge is -2.31. The number of carbonyl (C=O) groups is 1. The molecule has 0 aromatic heterocycles. The molecule has 4 heteroatoms. The van der Waals surface area contributed by atoms with Crippen LogP contribution in [0.5, 0.6) is 5.75 Å². The van der Waals surface area contributed by atoms with Gasteiger partial charge in [0.1, 0.15) is 11.9 Å². The first kappa shape index (κ1) is 13.7. The van der Waals surface area contributed by atoms with Gasteiger partial charge in [-0.1, -0.05) is 13.3 Å². The maximum absolute atomic E-state index is 11.1. The summed E-state index contributed by atoms with van der Waals surface area (Å²) in [6, 6.07) is 4.88. The van der Waals surface area contributed by atoms with E-state index in [1.807, 2.05) is 0 Å². The van der Waals surface area contributed by atoms with Gasteiger partial charge in [-0.25, -0.2) is 4.79 Å². The second kappa shape index (κ2) is 5.95. The summed E-state index contributed by atoms with van der Waals surface area (Å²) >= 11 is 0. The summed E-state index contributed by atoms with van der Waals surface area (Å²) in [4.78, 5) is 11.1. The van der Waals surface area contributed by atoms with Crippen LogP contribution in [0.2, 0.25) is 0 Å². The highest BCUT2D eigenvalue weighted by Gasteiger charge is 2.25. The predicted molar refractivity (Wildman–Crippen MR) is 74.5 cm³/mol. The fraction of sp³-hybridized carbons (Fsp3) is 0.533. The van der Waals surface area contributed by atoms with Crippen LogP contribution in [0.15, 0.2) is 18.2 Å². The Morgan fingerprint density at radius 3 is 2.84 bits per heavy atom. The van der Waals surface area contributed by atoms with E-state index in [9.17, 15) is 4.79 Å². The fourth-order valence-electron chi connectivity index (χ4n) is 2.76. The van der Waals surface area contributed by atoms with Gasteiger partial charge in [-0.05, 0) is 49.8 Å². The highest BCUT2D eigenvalue weighted by atomic mass is 16.5. The first-order valence-electron chi connectivity index (χ1n) is 6.91. The van der Waals surface area contributed by atoms with Gasteiger partial charge in [0.15, 0.2) is 0 Å². The van der Waals surface area contributed by atoms with E-state index in [4.69, 9.17) is 15.6 Å². The Morgan fingerprint density at radius 1 is 1.42 bits per heavy atom. The van der Waals surface area contributed by atoms with Crippen molar-refractivity contribution in [1.82, 2.24) is 0 Å². The summed E-state index contributed by atoms with van der Waals surface area (Å²) in [5.74, 6) is 0.162. The van der Waals surface area contributed by atoms with E-state index in [0.29, 0.717) is 11.7 Å². The Hall–Kier alpha value is -1.71. The van der Waals surface area contributed by atoms with Crippen molar-refractivity contribution in [3.8, 4) is 5.75 Å². The molecule has 2 unspecified atom stereocenters. The third kappa shape index (κ3) is 3.19. The number of anilines is 1. The number of ether oxygens (including phenoxy) is 1. The second-order valence-electron chi connectivity index (χ2n) is 5.16. The molecule has 0 amide bonds. The minimum atomic E-state index is -1.02. The summed E-state index contributed by atoms with van der Waals surface area (Å²) in [6.07, 6.45) is 5.99. The fourth-order valence-corrected chi connectivity index (χ4v) is 2.76. The Labute approximate surface area is 113 Å². The molecule has 4 nitrogen and oxygen atoms in total. The van der Waals surface area contributed by atoms with Crippen LogP contribution in [0.25, 0.3) is 0 Å². The molecule has 0 bridgehead atoms. The molecule has 0 saturated heterocycles. The topological polar surface area (TPSA) is 72.5 Å². The molecule has 0 spiro atoms. The summed E-state index contributed by atoms with van der Waals surface area (Å²) < 4.78 is 5.99. The molecule has 19 heavy (non-hydrogen) atoms. The normalized spacial score (nSPS) is 23.0. The van der Waals surface area contributed by atoms with E-state index in [0.717, 1.165) is 12.8 Å². The average molecular weight is 263 g/mol. The van der Waals surface area contributed by atoms with Crippen LogP contribution in [-0.2, 0) is 0 Å². The van der Waals surface area contributed by atoms with Crippen molar-refractivity contribution in [3.05, 3.63) is 23.8 Å². The maximum Gasteiger partial charge on any atom is 0.337 e. The standard InChI is InChI=1S/C15H21NO3/c1-2-10-5-3-4-6-14(10)19-11-7-8-13(16)12(9-11)15(17)18/h7-10,14H,2-6,16H2,1H3,(H,17,18). The van der Waals surface area contributed by atoms with Crippen LogP contribution in [-0.4, -0.2) is 17.2 Å². The smallest absolute Gasteiger partial charge is 0.337 e. The van der Waals surface area contributed by atoms with E-state index >= 15 is 0 Å². The number of hydrogen-bond donors (Lipinski definition) is 2. The van der Waals surface area contributed by atoms with Gasteiger partial charge in [-0.15, -0.1) is 0 Å². The van der Waals surface area contributed by atoms with E-state index < -0.39 is 5.97 Å². The van der Waals surface area contributed by atoms with E-state index in [1.54, 1.807) is 12.1 Å². The first-order chi connectivity index (χ1) is 9.11. The number of hydrogen-bond acceptors (Lipinski definition) is 3. The van der Waals surface area contributed by atoms with Crippen LogP contribution in [0.4, 0.5) is 5.69 Å². The minimum absolute atomic E-state index is 0.112. The number of nitrogen functional groups attached to an aromatic ring is 1. The van der Waals surface area contributed by atoms with Gasteiger partial charge < -0.3 is 15.6 Å². The molecule has 1 aromatic carbocycles. The molecule has 1 aliphatic rings. The number of benzene rings is 1. The van der Waals surface area contributed by atoms with Crippen molar-refractivity contribution >= 4 is 11.7 Å². The van der Waals surface area contributed by atoms with E-state index in [2.05, 4.69) is 6.92 Å². The molecule has 2 rings (SSSR count). The molecule has 1 saturated carbocycles. The van der Waals surface area contributed by atoms with Crippen molar-refractivity contribution in [1.29, 1.82) is 0 Å². The van der Waals surface area contributed by atoms with E-state index in [-0.39, 0.29) is 17.4 Å². The lowest BCUT2D eigenvalue weighted by molar-refractivity contribution is 0.0694. The lowest BCUT2D eigenvalue weighted by atomic mass is 9.85. The third-order valence-corrected chi connectivity index (χ3v) is 3.91. The first-order valence-corrected chi connectivity index (χ1v) is 6.91. The van der Waals surface area contributed by atoms with Crippen molar-refractivity contribution < 1.29 is 14.6 Å². The lowest BCUT2D eigenvalue weighted by Crippen LogP contribution is -2.30. The summed E-state index contributed by atoms with van der Waals surface area (Å²) in [5.41, 5.74) is 6.03. The Kier molecular flexibility index (Phi) is 4.30. The number of carboxylic acid groups (broad SMARTS) is 1. The zero-order valence-corrected chi connectivity index (χ0v) is 11.3. The van der Waals surface area contributed by atoms with Crippen LogP contribution in [0.1, 0.15) is 49.4 Å². The van der Waals surface area contributed by atoms with Gasteiger partial charge in [0.05, 0.1) is 5.56 Å². The molecule has 1 fully saturated rings. The van der Waals surface area contributed by atoms with E-state index in [1.165, 1.54) is 25.3 Å². The highest BCUT2D eigenvalue weighted by molar-refractivity contribution is 5.94. The van der Waals surface area contributed by atoms with Crippen LogP contribution in [0.3, 0.4) is 0 Å². The second-order valence-corrected chi connectivity index (χ2v) is 5.16. The summed E-state index contributed by atoms with van der Waals surface area (Å²) in [5, 5.41) is 9.06. The summed E-state index contributed by atoms with van der Waals surface area (Å²) in [7, 11) is 0. The van der Waals surface area contributed by atoms with Crippen molar-refractivity contribution in [2.75, 3.05) is 5.73 Å². The zero-order valence-electron chi connectivity index (χ0n) is 11.3. The van der Waals surface area contributed by atoms with Crippen molar-refractivity contribution in [2.24, 2.45) is 5.92 Å². The molecule has 3 N–H and O–H groups in total. The minimum Gasteiger partial charge on any atom is -0.490 e. The number of nitrogens with two attached hydrogens (primary N) is 1. The van der Waals surface area contributed by atoms with Gasteiger partial charge >= 0.3 is 5.97 Å².